The molecule has 1 aromatic carbocycles. The molecule has 0 radical (unpaired) electrons. The maximum atomic E-state index is 10.5. The van der Waals surface area contributed by atoms with E-state index in [1.165, 1.54) is 0 Å². The summed E-state index contributed by atoms with van der Waals surface area (Å²) in [4.78, 5) is 10.5. The van der Waals surface area contributed by atoms with Gasteiger partial charge in [0.05, 0.1) is 18.3 Å². The number of carboxylic acids is 1. The van der Waals surface area contributed by atoms with Crippen LogP contribution in [-0.4, -0.2) is 51.3 Å². The zero-order chi connectivity index (χ0) is 20.4. The fraction of sp³-hybridized carbons (Fsp3) is 0.682. The Morgan fingerprint density at radius 2 is 1.64 bits per heavy atom. The van der Waals surface area contributed by atoms with Crippen LogP contribution < -0.4 is 5.32 Å². The van der Waals surface area contributed by atoms with Gasteiger partial charge >= 0.3 is 5.97 Å². The Morgan fingerprint density at radius 1 is 1.00 bits per heavy atom. The molecule has 6 nitrogen and oxygen atoms in total. The minimum Gasteiger partial charge on any atom is -0.481 e. The van der Waals surface area contributed by atoms with Gasteiger partial charge in [-0.05, 0) is 56.1 Å². The molecular weight excluding hydrogens is 358 g/mol. The van der Waals surface area contributed by atoms with Crippen LogP contribution in [0.25, 0.3) is 0 Å². The molecule has 1 aliphatic carbocycles. The molecule has 0 heterocycles. The second-order valence-corrected chi connectivity index (χ2v) is 8.02. The first-order valence-electron chi connectivity index (χ1n) is 10.5. The molecule has 5 N–H and O–H groups in total. The fourth-order valence-electron chi connectivity index (χ4n) is 4.27. The summed E-state index contributed by atoms with van der Waals surface area (Å²) in [5, 5.41) is 42.8. The summed E-state index contributed by atoms with van der Waals surface area (Å²) >= 11 is 0. The maximum Gasteiger partial charge on any atom is 0.303 e. The number of aliphatic hydroxyl groups excluding tert-OH is 3. The van der Waals surface area contributed by atoms with E-state index in [-0.39, 0.29) is 18.3 Å². The highest BCUT2D eigenvalue weighted by atomic mass is 16.4. The zero-order valence-corrected chi connectivity index (χ0v) is 16.5. The monoisotopic (exact) mass is 393 g/mol. The van der Waals surface area contributed by atoms with Crippen LogP contribution >= 0.6 is 0 Å². The van der Waals surface area contributed by atoms with Crippen molar-refractivity contribution >= 4 is 11.7 Å². The lowest BCUT2D eigenvalue weighted by molar-refractivity contribution is -0.137. The van der Waals surface area contributed by atoms with Crippen molar-refractivity contribution in [2.75, 3.05) is 11.9 Å². The first-order chi connectivity index (χ1) is 13.5. The lowest BCUT2D eigenvalue weighted by Gasteiger charge is -2.25. The van der Waals surface area contributed by atoms with Crippen molar-refractivity contribution in [3.05, 3.63) is 30.3 Å². The molecule has 28 heavy (non-hydrogen) atoms. The molecule has 1 aromatic rings. The molecule has 0 spiro atoms. The van der Waals surface area contributed by atoms with Gasteiger partial charge in [-0.15, -0.1) is 0 Å². The highest BCUT2D eigenvalue weighted by molar-refractivity contribution is 5.66. The van der Waals surface area contributed by atoms with E-state index in [0.717, 1.165) is 31.4 Å². The van der Waals surface area contributed by atoms with Crippen LogP contribution in [0.3, 0.4) is 0 Å². The fourth-order valence-corrected chi connectivity index (χ4v) is 4.27. The Balaban J connectivity index is 1.69. The third-order valence-electron chi connectivity index (χ3n) is 5.85. The van der Waals surface area contributed by atoms with Gasteiger partial charge in [0, 0.05) is 18.7 Å². The van der Waals surface area contributed by atoms with Crippen LogP contribution in [0, 0.1) is 11.8 Å². The van der Waals surface area contributed by atoms with Gasteiger partial charge < -0.3 is 25.7 Å². The van der Waals surface area contributed by atoms with Crippen LogP contribution in [0.2, 0.25) is 0 Å². The Bertz CT molecular complexity index is 567. The van der Waals surface area contributed by atoms with Crippen molar-refractivity contribution in [3.63, 3.8) is 0 Å². The number of carboxylic acid groups (broad SMARTS) is 1. The summed E-state index contributed by atoms with van der Waals surface area (Å²) < 4.78 is 0. The predicted octanol–water partition coefficient (Wildman–Crippen LogP) is 3.02. The smallest absolute Gasteiger partial charge is 0.303 e. The number of nitrogens with one attached hydrogen (secondary N) is 1. The molecule has 6 heteroatoms. The molecule has 2 unspecified atom stereocenters. The number of hydrogen-bond acceptors (Lipinski definition) is 5. The lowest BCUT2D eigenvalue weighted by atomic mass is 9.85. The van der Waals surface area contributed by atoms with Crippen molar-refractivity contribution < 1.29 is 25.2 Å². The minimum absolute atomic E-state index is 0.0143. The van der Waals surface area contributed by atoms with Gasteiger partial charge in [-0.2, -0.15) is 0 Å². The molecular formula is C22H35NO5. The zero-order valence-electron chi connectivity index (χ0n) is 16.5. The molecule has 0 aliphatic heterocycles. The van der Waals surface area contributed by atoms with Crippen LogP contribution in [0.4, 0.5) is 5.69 Å². The molecule has 0 saturated heterocycles. The number of unbranched alkanes of at least 4 members (excludes halogenated alkanes) is 3. The lowest BCUT2D eigenvalue weighted by Crippen LogP contribution is -2.26. The number of rotatable bonds is 13. The van der Waals surface area contributed by atoms with Gasteiger partial charge in [-0.1, -0.05) is 37.5 Å². The summed E-state index contributed by atoms with van der Waals surface area (Å²) in [6.45, 7) is 0.462. The van der Waals surface area contributed by atoms with E-state index in [9.17, 15) is 20.1 Å². The van der Waals surface area contributed by atoms with Crippen LogP contribution in [0.1, 0.15) is 57.8 Å². The van der Waals surface area contributed by atoms with Crippen molar-refractivity contribution in [2.45, 2.75) is 76.1 Å². The average molecular weight is 394 g/mol. The molecule has 0 amide bonds. The Morgan fingerprint density at radius 3 is 2.32 bits per heavy atom. The van der Waals surface area contributed by atoms with Crippen molar-refractivity contribution in [1.29, 1.82) is 0 Å². The second kappa shape index (κ2) is 12.0. The predicted molar refractivity (Wildman–Crippen MR) is 109 cm³/mol. The first-order valence-corrected chi connectivity index (χ1v) is 10.5. The highest BCUT2D eigenvalue weighted by Crippen LogP contribution is 2.39. The largest absolute Gasteiger partial charge is 0.481 e. The average Bonchev–Trinajstić information content (AvgIpc) is 2.94. The summed E-state index contributed by atoms with van der Waals surface area (Å²) in [5.74, 6) is -0.682. The van der Waals surface area contributed by atoms with Crippen LogP contribution in [0.15, 0.2) is 30.3 Å². The first kappa shape index (κ1) is 22.7. The van der Waals surface area contributed by atoms with E-state index in [2.05, 4.69) is 5.32 Å². The number of para-hydroxylation sites is 1. The quantitative estimate of drug-likeness (QED) is 0.330. The minimum atomic E-state index is -0.755. The normalized spacial score (nSPS) is 25.5. The molecule has 0 aromatic heterocycles. The van der Waals surface area contributed by atoms with Gasteiger partial charge in [0.25, 0.3) is 0 Å². The third-order valence-corrected chi connectivity index (χ3v) is 5.85. The van der Waals surface area contributed by atoms with Gasteiger partial charge in [0.1, 0.15) is 0 Å². The summed E-state index contributed by atoms with van der Waals surface area (Å²) in [6, 6.07) is 9.74. The van der Waals surface area contributed by atoms with Gasteiger partial charge in [0.15, 0.2) is 0 Å². The SMILES string of the molecule is O=C(O)CCCCCCC1[C@@H](CCC(O)CNc2ccccc2)[C@H](O)C[C@@H]1O. The van der Waals surface area contributed by atoms with Crippen molar-refractivity contribution in [3.8, 4) is 0 Å². The topological polar surface area (TPSA) is 110 Å². The highest BCUT2D eigenvalue weighted by Gasteiger charge is 2.40. The van der Waals surface area contributed by atoms with E-state index in [4.69, 9.17) is 5.11 Å². The van der Waals surface area contributed by atoms with Crippen molar-refractivity contribution in [1.82, 2.24) is 0 Å². The van der Waals surface area contributed by atoms with E-state index in [1.807, 2.05) is 30.3 Å². The van der Waals surface area contributed by atoms with E-state index >= 15 is 0 Å². The Labute approximate surface area is 167 Å². The van der Waals surface area contributed by atoms with Crippen molar-refractivity contribution in [2.24, 2.45) is 11.8 Å². The van der Waals surface area contributed by atoms with E-state index in [1.54, 1.807) is 0 Å². The number of carbonyl (C=O) groups is 1. The third kappa shape index (κ3) is 7.78. The van der Waals surface area contributed by atoms with E-state index < -0.39 is 24.3 Å². The molecule has 5 atom stereocenters. The summed E-state index contributed by atoms with van der Waals surface area (Å²) in [5.41, 5.74) is 0.971. The standard InChI is InChI=1S/C22H35NO5/c24-17(15-23-16-8-4-3-5-9-16)12-13-19-18(20(25)14-21(19)26)10-6-1-2-7-11-22(27)28/h3-5,8-9,17-21,23-26H,1-2,6-7,10-15H2,(H,27,28)/t17?,18?,19-,20+,21-/m1/s1. The Hall–Kier alpha value is -1.63. The molecule has 1 aliphatic rings. The molecule has 1 fully saturated rings. The molecule has 1 saturated carbocycles. The van der Waals surface area contributed by atoms with Gasteiger partial charge in [0.2, 0.25) is 0 Å². The second-order valence-electron chi connectivity index (χ2n) is 8.02. The summed E-state index contributed by atoms with van der Waals surface area (Å²) in [7, 11) is 0. The maximum absolute atomic E-state index is 10.5. The van der Waals surface area contributed by atoms with Gasteiger partial charge in [-0.3, -0.25) is 4.79 Å². The molecule has 0 bridgehead atoms. The van der Waals surface area contributed by atoms with Crippen LogP contribution in [-0.2, 0) is 4.79 Å². The summed E-state index contributed by atoms with van der Waals surface area (Å²) in [6.07, 6.45) is 4.70. The number of aliphatic carboxylic acids is 1. The molecule has 2 rings (SSSR count). The van der Waals surface area contributed by atoms with Gasteiger partial charge in [-0.25, -0.2) is 0 Å². The van der Waals surface area contributed by atoms with Crippen LogP contribution in [0.5, 0.6) is 0 Å². The van der Waals surface area contributed by atoms with E-state index in [0.29, 0.717) is 32.2 Å². The Kier molecular flexibility index (Phi) is 9.75. The number of aliphatic hydroxyl groups is 3. The number of benzene rings is 1. The number of anilines is 1. The molecule has 158 valence electrons. The number of hydrogen-bond donors (Lipinski definition) is 5.